The number of benzene rings is 1. The van der Waals surface area contributed by atoms with Gasteiger partial charge in [0.05, 0.1) is 18.2 Å². The normalized spacial score (nSPS) is 36.1. The number of ether oxygens (including phenoxy) is 1. The summed E-state index contributed by atoms with van der Waals surface area (Å²) in [5, 5.41) is 0. The van der Waals surface area contributed by atoms with Crippen LogP contribution in [0.2, 0.25) is 0 Å². The topological polar surface area (TPSA) is 30.5 Å². The highest BCUT2D eigenvalue weighted by molar-refractivity contribution is 5.30. The lowest BCUT2D eigenvalue weighted by atomic mass is 9.82. The molecule has 2 fully saturated rings. The number of fused-ring (bicyclic) bond motifs is 1. The first-order valence-electron chi connectivity index (χ1n) is 5.93. The molecule has 3 nitrogen and oxygen atoms in total. The first-order valence-corrected chi connectivity index (χ1v) is 5.93. The number of hydrogen-bond acceptors (Lipinski definition) is 3. The fourth-order valence-electron chi connectivity index (χ4n) is 3.12. The maximum Gasteiger partial charge on any atom is 0.128 e. The van der Waals surface area contributed by atoms with E-state index in [-0.39, 0.29) is 17.8 Å². The molecule has 1 aliphatic heterocycles. The molecule has 3 atom stereocenters. The average Bonchev–Trinajstić information content (AvgIpc) is 2.86. The van der Waals surface area contributed by atoms with E-state index < -0.39 is 5.54 Å². The van der Waals surface area contributed by atoms with Crippen molar-refractivity contribution in [3.8, 4) is 0 Å². The van der Waals surface area contributed by atoms with Crippen LogP contribution in [-0.2, 0) is 15.1 Å². The second-order valence-electron chi connectivity index (χ2n) is 4.86. The lowest BCUT2D eigenvalue weighted by Gasteiger charge is -2.28. The van der Waals surface area contributed by atoms with E-state index in [1.807, 2.05) is 12.1 Å². The molecule has 0 bridgehead atoms. The number of nitrogens with one attached hydrogen (secondary N) is 1. The molecule has 2 aliphatic rings. The molecule has 1 aromatic rings. The molecular weight excluding hydrogens is 221 g/mol. The molecule has 1 heterocycles. The van der Waals surface area contributed by atoms with Gasteiger partial charge in [0, 0.05) is 18.6 Å². The molecule has 1 saturated carbocycles. The maximum absolute atomic E-state index is 14.0. The summed E-state index contributed by atoms with van der Waals surface area (Å²) in [6, 6.07) is 6.91. The molecule has 3 rings (SSSR count). The molecule has 1 N–H and O–H groups in total. The summed E-state index contributed by atoms with van der Waals surface area (Å²) in [6.07, 6.45) is 1.85. The highest BCUT2D eigenvalue weighted by atomic mass is 19.1. The van der Waals surface area contributed by atoms with E-state index in [0.717, 1.165) is 12.8 Å². The Morgan fingerprint density at radius 2 is 2.29 bits per heavy atom. The molecule has 0 spiro atoms. The summed E-state index contributed by atoms with van der Waals surface area (Å²) >= 11 is 0. The second kappa shape index (κ2) is 4.05. The van der Waals surface area contributed by atoms with Gasteiger partial charge in [0.1, 0.15) is 5.82 Å². The predicted octanol–water partition coefficient (Wildman–Crippen LogP) is 1.98. The van der Waals surface area contributed by atoms with Crippen LogP contribution in [0.25, 0.3) is 0 Å². The van der Waals surface area contributed by atoms with Crippen LogP contribution >= 0.6 is 0 Å². The van der Waals surface area contributed by atoms with Crippen molar-refractivity contribution in [2.24, 2.45) is 5.92 Å². The van der Waals surface area contributed by atoms with Gasteiger partial charge < -0.3 is 9.57 Å². The van der Waals surface area contributed by atoms with Gasteiger partial charge in [-0.3, -0.25) is 0 Å². The van der Waals surface area contributed by atoms with Gasteiger partial charge >= 0.3 is 0 Å². The van der Waals surface area contributed by atoms with E-state index in [9.17, 15) is 4.39 Å². The Kier molecular flexibility index (Phi) is 2.65. The maximum atomic E-state index is 14.0. The van der Waals surface area contributed by atoms with Crippen LogP contribution in [0.4, 0.5) is 4.39 Å². The molecular formula is C13H16FNO2. The van der Waals surface area contributed by atoms with E-state index >= 15 is 0 Å². The van der Waals surface area contributed by atoms with Gasteiger partial charge in [-0.2, -0.15) is 5.48 Å². The quantitative estimate of drug-likeness (QED) is 0.853. The third-order valence-corrected chi connectivity index (χ3v) is 4.02. The van der Waals surface area contributed by atoms with Crippen molar-refractivity contribution in [3.63, 3.8) is 0 Å². The highest BCUT2D eigenvalue weighted by Crippen LogP contribution is 2.48. The lowest BCUT2D eigenvalue weighted by Crippen LogP contribution is -2.39. The molecule has 1 aliphatic carbocycles. The van der Waals surface area contributed by atoms with Gasteiger partial charge in [-0.1, -0.05) is 18.2 Å². The summed E-state index contributed by atoms with van der Waals surface area (Å²) < 4.78 is 19.4. The largest absolute Gasteiger partial charge is 0.381 e. The summed E-state index contributed by atoms with van der Waals surface area (Å²) in [6.45, 7) is 0.619. The van der Waals surface area contributed by atoms with Crippen LogP contribution in [0.5, 0.6) is 0 Å². The van der Waals surface area contributed by atoms with Gasteiger partial charge in [0.25, 0.3) is 0 Å². The summed E-state index contributed by atoms with van der Waals surface area (Å²) in [7, 11) is 1.71. The van der Waals surface area contributed by atoms with E-state index in [4.69, 9.17) is 9.57 Å². The molecule has 0 aromatic heterocycles. The predicted molar refractivity (Wildman–Crippen MR) is 60.7 cm³/mol. The van der Waals surface area contributed by atoms with E-state index in [1.54, 1.807) is 13.2 Å². The first-order chi connectivity index (χ1) is 8.26. The molecule has 0 amide bonds. The molecule has 4 heteroatoms. The average molecular weight is 237 g/mol. The number of methoxy groups -OCH3 is 1. The summed E-state index contributed by atoms with van der Waals surface area (Å²) in [4.78, 5) is 5.34. The first kappa shape index (κ1) is 11.1. The van der Waals surface area contributed by atoms with Crippen molar-refractivity contribution in [1.82, 2.24) is 5.48 Å². The van der Waals surface area contributed by atoms with Crippen LogP contribution in [0, 0.1) is 11.7 Å². The third-order valence-electron chi connectivity index (χ3n) is 4.02. The number of hydroxylamine groups is 1. The molecule has 1 saturated heterocycles. The minimum atomic E-state index is -0.411. The SMILES string of the molecule is COC1CC2CON[C@@]2(c2ccccc2F)C1. The third kappa shape index (κ3) is 1.59. The number of hydrogen-bond donors (Lipinski definition) is 1. The number of halogens is 1. The Balaban J connectivity index is 2.02. The Hall–Kier alpha value is -0.970. The van der Waals surface area contributed by atoms with Gasteiger partial charge in [0.15, 0.2) is 0 Å². The van der Waals surface area contributed by atoms with E-state index in [2.05, 4.69) is 5.48 Å². The van der Waals surface area contributed by atoms with Crippen LogP contribution in [0.3, 0.4) is 0 Å². The summed E-state index contributed by atoms with van der Waals surface area (Å²) in [5.74, 6) is 0.108. The van der Waals surface area contributed by atoms with Crippen molar-refractivity contribution < 1.29 is 14.0 Å². The smallest absolute Gasteiger partial charge is 0.128 e. The van der Waals surface area contributed by atoms with Gasteiger partial charge in [-0.25, -0.2) is 4.39 Å². The van der Waals surface area contributed by atoms with Crippen molar-refractivity contribution >= 4 is 0 Å². The van der Waals surface area contributed by atoms with Crippen molar-refractivity contribution in [2.45, 2.75) is 24.5 Å². The van der Waals surface area contributed by atoms with Crippen molar-refractivity contribution in [2.75, 3.05) is 13.7 Å². The van der Waals surface area contributed by atoms with Crippen LogP contribution < -0.4 is 5.48 Å². The van der Waals surface area contributed by atoms with E-state index in [0.29, 0.717) is 12.2 Å². The van der Waals surface area contributed by atoms with Crippen molar-refractivity contribution in [3.05, 3.63) is 35.6 Å². The minimum absolute atomic E-state index is 0.174. The van der Waals surface area contributed by atoms with Crippen molar-refractivity contribution in [1.29, 1.82) is 0 Å². The molecule has 1 aromatic carbocycles. The van der Waals surface area contributed by atoms with Gasteiger partial charge in [-0.15, -0.1) is 0 Å². The Bertz CT molecular complexity index is 426. The van der Waals surface area contributed by atoms with Crippen LogP contribution in [0.15, 0.2) is 24.3 Å². The fraction of sp³-hybridized carbons (Fsp3) is 0.538. The van der Waals surface area contributed by atoms with Crippen LogP contribution in [-0.4, -0.2) is 19.8 Å². The van der Waals surface area contributed by atoms with E-state index in [1.165, 1.54) is 6.07 Å². The minimum Gasteiger partial charge on any atom is -0.381 e. The molecule has 17 heavy (non-hydrogen) atoms. The molecule has 0 radical (unpaired) electrons. The highest BCUT2D eigenvalue weighted by Gasteiger charge is 2.53. The van der Waals surface area contributed by atoms with Gasteiger partial charge in [-0.05, 0) is 18.9 Å². The zero-order valence-electron chi connectivity index (χ0n) is 9.78. The Morgan fingerprint density at radius 1 is 1.47 bits per heavy atom. The van der Waals surface area contributed by atoms with Crippen LogP contribution in [0.1, 0.15) is 18.4 Å². The monoisotopic (exact) mass is 237 g/mol. The zero-order valence-corrected chi connectivity index (χ0v) is 9.78. The molecule has 92 valence electrons. The zero-order chi connectivity index (χ0) is 11.9. The Morgan fingerprint density at radius 3 is 3.06 bits per heavy atom. The summed E-state index contributed by atoms with van der Waals surface area (Å²) in [5.41, 5.74) is 3.32. The standard InChI is InChI=1S/C13H16FNO2/c1-16-10-6-9-8-17-15-13(9,7-10)11-4-2-3-5-12(11)14/h2-5,9-10,15H,6-8H2,1H3/t9?,10?,13-/m0/s1. The second-order valence-corrected chi connectivity index (χ2v) is 4.86. The Labute approximate surface area is 99.9 Å². The lowest BCUT2D eigenvalue weighted by molar-refractivity contribution is 0.0271. The van der Waals surface area contributed by atoms with Gasteiger partial charge in [0.2, 0.25) is 0 Å². The molecule has 2 unspecified atom stereocenters. The fourth-order valence-corrected chi connectivity index (χ4v) is 3.12. The number of rotatable bonds is 2.